The fourth-order valence-electron chi connectivity index (χ4n) is 5.08. The maximum absolute atomic E-state index is 15.2. The Morgan fingerprint density at radius 2 is 1.55 bits per heavy atom. The van der Waals surface area contributed by atoms with Crippen molar-refractivity contribution >= 4 is 5.97 Å². The summed E-state index contributed by atoms with van der Waals surface area (Å²) in [7, 11) is 0. The molecule has 224 valence electrons. The molecule has 4 rings (SSSR count). The summed E-state index contributed by atoms with van der Waals surface area (Å²) in [5.74, 6) is -5.21. The van der Waals surface area contributed by atoms with Crippen LogP contribution in [-0.2, 0) is 4.74 Å². The summed E-state index contributed by atoms with van der Waals surface area (Å²) in [6, 6.07) is 12.4. The van der Waals surface area contributed by atoms with Crippen LogP contribution in [0.4, 0.5) is 17.6 Å². The van der Waals surface area contributed by atoms with Crippen LogP contribution < -0.4 is 9.47 Å². The number of benzene rings is 3. The lowest BCUT2D eigenvalue weighted by molar-refractivity contribution is 0.0188. The summed E-state index contributed by atoms with van der Waals surface area (Å²) in [4.78, 5) is 12.6. The third-order valence-corrected chi connectivity index (χ3v) is 7.51. The highest BCUT2D eigenvalue weighted by atomic mass is 19.2. The van der Waals surface area contributed by atoms with E-state index in [-0.39, 0.29) is 29.4 Å². The molecule has 1 aliphatic rings. The SMILES string of the molecule is C=CCCCOc1ccc(C(=O)OC2CCC(c3ccc(-c4ccc(OCCCC)cc4)c(F)c3F)CC2)c(F)c1F. The van der Waals surface area contributed by atoms with Crippen LogP contribution >= 0.6 is 0 Å². The van der Waals surface area contributed by atoms with Gasteiger partial charge in [-0.1, -0.05) is 43.7 Å². The van der Waals surface area contributed by atoms with Crippen LogP contribution in [0.25, 0.3) is 11.1 Å². The van der Waals surface area contributed by atoms with Crippen molar-refractivity contribution in [3.63, 3.8) is 0 Å². The second kappa shape index (κ2) is 14.9. The van der Waals surface area contributed by atoms with Gasteiger partial charge < -0.3 is 14.2 Å². The Kier molecular flexibility index (Phi) is 11.0. The summed E-state index contributed by atoms with van der Waals surface area (Å²) in [5, 5.41) is 0. The van der Waals surface area contributed by atoms with Gasteiger partial charge in [0.15, 0.2) is 23.2 Å². The molecule has 0 unspecified atom stereocenters. The molecule has 1 aliphatic carbocycles. The van der Waals surface area contributed by atoms with Crippen molar-refractivity contribution < 1.29 is 36.6 Å². The zero-order valence-corrected chi connectivity index (χ0v) is 23.8. The van der Waals surface area contributed by atoms with E-state index in [9.17, 15) is 13.6 Å². The van der Waals surface area contributed by atoms with Gasteiger partial charge in [-0.05, 0) is 86.3 Å². The normalized spacial score (nSPS) is 16.6. The number of esters is 1. The molecule has 1 fully saturated rings. The van der Waals surface area contributed by atoms with Crippen molar-refractivity contribution in [3.05, 3.63) is 95.6 Å². The number of carbonyl (C=O) groups is 1. The standard InChI is InChI=1S/C34H36F4O4/c1-3-5-7-21-41-29-19-18-28(32(37)33(29)38)34(39)42-25-14-10-23(11-15-25)27-17-16-26(30(35)31(27)36)22-8-12-24(13-9-22)40-20-6-4-2/h3,8-9,12-13,16-19,23,25H,1,4-7,10-11,14-15,20-21H2,2H3. The third kappa shape index (κ3) is 7.52. The average Bonchev–Trinajstić information content (AvgIpc) is 3.00. The lowest BCUT2D eigenvalue weighted by Crippen LogP contribution is -2.25. The van der Waals surface area contributed by atoms with Gasteiger partial charge in [-0.3, -0.25) is 0 Å². The number of hydrogen-bond donors (Lipinski definition) is 0. The van der Waals surface area contributed by atoms with Crippen LogP contribution in [0, 0.1) is 23.3 Å². The Bertz CT molecular complexity index is 1360. The maximum Gasteiger partial charge on any atom is 0.341 e. The van der Waals surface area contributed by atoms with E-state index in [0.29, 0.717) is 56.4 Å². The molecule has 0 spiro atoms. The zero-order valence-electron chi connectivity index (χ0n) is 23.8. The molecule has 3 aromatic carbocycles. The van der Waals surface area contributed by atoms with Gasteiger partial charge in [0.05, 0.1) is 18.8 Å². The fraction of sp³-hybridized carbons (Fsp3) is 0.382. The first-order valence-electron chi connectivity index (χ1n) is 14.5. The number of carbonyl (C=O) groups excluding carboxylic acids is 1. The first-order valence-corrected chi connectivity index (χ1v) is 14.5. The molecule has 0 bridgehead atoms. The molecule has 0 radical (unpaired) electrons. The van der Waals surface area contributed by atoms with Crippen LogP contribution in [0.1, 0.15) is 80.1 Å². The van der Waals surface area contributed by atoms with Crippen LogP contribution in [-0.4, -0.2) is 25.3 Å². The largest absolute Gasteiger partial charge is 0.494 e. The maximum atomic E-state index is 15.2. The highest BCUT2D eigenvalue weighted by Gasteiger charge is 2.30. The smallest absolute Gasteiger partial charge is 0.341 e. The van der Waals surface area contributed by atoms with E-state index < -0.39 is 40.9 Å². The summed E-state index contributed by atoms with van der Waals surface area (Å²) in [5.41, 5.74) is 0.475. The van der Waals surface area contributed by atoms with Crippen LogP contribution in [0.15, 0.2) is 61.2 Å². The summed E-state index contributed by atoms with van der Waals surface area (Å²) in [6.07, 6.45) is 6.05. The Morgan fingerprint density at radius 3 is 2.24 bits per heavy atom. The van der Waals surface area contributed by atoms with E-state index in [1.165, 1.54) is 6.07 Å². The zero-order chi connectivity index (χ0) is 30.1. The molecule has 42 heavy (non-hydrogen) atoms. The molecule has 4 nitrogen and oxygen atoms in total. The van der Waals surface area contributed by atoms with Crippen molar-refractivity contribution in [2.24, 2.45) is 0 Å². The fourth-order valence-corrected chi connectivity index (χ4v) is 5.08. The Balaban J connectivity index is 1.34. The Labute approximate surface area is 244 Å². The highest BCUT2D eigenvalue weighted by Crippen LogP contribution is 2.38. The monoisotopic (exact) mass is 584 g/mol. The van der Waals surface area contributed by atoms with Gasteiger partial charge >= 0.3 is 5.97 Å². The molecule has 0 atom stereocenters. The van der Waals surface area contributed by atoms with Crippen molar-refractivity contribution in [1.82, 2.24) is 0 Å². The molecule has 0 aromatic heterocycles. The minimum absolute atomic E-state index is 0.168. The lowest BCUT2D eigenvalue weighted by Gasteiger charge is -2.29. The molecule has 0 heterocycles. The number of halogens is 4. The van der Waals surface area contributed by atoms with Gasteiger partial charge in [0.2, 0.25) is 5.82 Å². The molecular weight excluding hydrogens is 548 g/mol. The van der Waals surface area contributed by atoms with E-state index in [4.69, 9.17) is 14.2 Å². The van der Waals surface area contributed by atoms with Gasteiger partial charge in [0.25, 0.3) is 0 Å². The predicted octanol–water partition coefficient (Wildman–Crippen LogP) is 9.32. The van der Waals surface area contributed by atoms with Gasteiger partial charge in [-0.25, -0.2) is 18.0 Å². The first-order chi connectivity index (χ1) is 20.3. The highest BCUT2D eigenvalue weighted by molar-refractivity contribution is 5.90. The first kappa shape index (κ1) is 31.1. The second-order valence-corrected chi connectivity index (χ2v) is 10.5. The number of ether oxygens (including phenoxy) is 3. The van der Waals surface area contributed by atoms with Crippen molar-refractivity contribution in [2.75, 3.05) is 13.2 Å². The molecular formula is C34H36F4O4. The molecule has 0 amide bonds. The summed E-state index contributed by atoms with van der Waals surface area (Å²) in [6.45, 7) is 6.45. The second-order valence-electron chi connectivity index (χ2n) is 10.5. The van der Waals surface area contributed by atoms with E-state index in [1.54, 1.807) is 42.5 Å². The molecule has 0 aliphatic heterocycles. The van der Waals surface area contributed by atoms with E-state index >= 15 is 8.78 Å². The van der Waals surface area contributed by atoms with Crippen LogP contribution in [0.2, 0.25) is 0 Å². The molecule has 3 aromatic rings. The number of hydrogen-bond acceptors (Lipinski definition) is 4. The molecule has 0 saturated heterocycles. The van der Waals surface area contributed by atoms with E-state index in [2.05, 4.69) is 13.5 Å². The Hall–Kier alpha value is -3.81. The topological polar surface area (TPSA) is 44.8 Å². The average molecular weight is 585 g/mol. The third-order valence-electron chi connectivity index (χ3n) is 7.51. The molecule has 0 N–H and O–H groups in total. The molecule has 8 heteroatoms. The Morgan fingerprint density at radius 1 is 0.833 bits per heavy atom. The summed E-state index contributed by atoms with van der Waals surface area (Å²) >= 11 is 0. The predicted molar refractivity (Wildman–Crippen MR) is 154 cm³/mol. The van der Waals surface area contributed by atoms with Gasteiger partial charge in [-0.2, -0.15) is 4.39 Å². The van der Waals surface area contributed by atoms with Gasteiger partial charge in [0.1, 0.15) is 11.9 Å². The number of rotatable bonds is 13. The minimum atomic E-state index is -1.33. The number of allylic oxidation sites excluding steroid dienone is 1. The van der Waals surface area contributed by atoms with Crippen molar-refractivity contribution in [1.29, 1.82) is 0 Å². The minimum Gasteiger partial charge on any atom is -0.494 e. The van der Waals surface area contributed by atoms with Gasteiger partial charge in [0, 0.05) is 5.56 Å². The summed E-state index contributed by atoms with van der Waals surface area (Å²) < 4.78 is 75.7. The van der Waals surface area contributed by atoms with Crippen LogP contribution in [0.3, 0.4) is 0 Å². The van der Waals surface area contributed by atoms with Crippen molar-refractivity contribution in [2.45, 2.75) is 70.3 Å². The van der Waals surface area contributed by atoms with Crippen molar-refractivity contribution in [3.8, 4) is 22.6 Å². The molecule has 1 saturated carbocycles. The lowest BCUT2D eigenvalue weighted by atomic mass is 9.82. The van der Waals surface area contributed by atoms with Gasteiger partial charge in [-0.15, -0.1) is 6.58 Å². The number of unbranched alkanes of at least 4 members (excludes halogenated alkanes) is 2. The quantitative estimate of drug-likeness (QED) is 0.0869. The van der Waals surface area contributed by atoms with E-state index in [1.807, 2.05) is 0 Å². The van der Waals surface area contributed by atoms with Crippen LogP contribution in [0.5, 0.6) is 11.5 Å². The van der Waals surface area contributed by atoms with E-state index in [0.717, 1.165) is 18.9 Å².